The first kappa shape index (κ1) is 14.4. The number of hydrogen-bond acceptors (Lipinski definition) is 1. The van der Waals surface area contributed by atoms with Crippen molar-refractivity contribution in [3.05, 3.63) is 64.2 Å². The molecule has 0 bridgehead atoms. The van der Waals surface area contributed by atoms with E-state index < -0.39 is 0 Å². The van der Waals surface area contributed by atoms with Crippen LogP contribution in [0.5, 0.6) is 0 Å². The summed E-state index contributed by atoms with van der Waals surface area (Å²) in [5.41, 5.74) is 5.09. The van der Waals surface area contributed by atoms with Gasteiger partial charge in [0, 0.05) is 29.6 Å². The maximum atomic E-state index is 6.02. The first-order valence-electron chi connectivity index (χ1n) is 6.21. The zero-order chi connectivity index (χ0) is 13.8. The van der Waals surface area contributed by atoms with Gasteiger partial charge in [-0.05, 0) is 47.9 Å². The summed E-state index contributed by atoms with van der Waals surface area (Å²) in [6.07, 6.45) is 0. The van der Waals surface area contributed by atoms with E-state index >= 15 is 0 Å². The van der Waals surface area contributed by atoms with Crippen molar-refractivity contribution < 1.29 is 0 Å². The van der Waals surface area contributed by atoms with Gasteiger partial charge in [0.2, 0.25) is 0 Å². The van der Waals surface area contributed by atoms with E-state index in [-0.39, 0.29) is 0 Å². The SMILES string of the molecule is Cc1cc(N(C)Cc2cccc(Cl)c2)ccc1CBr. The van der Waals surface area contributed by atoms with Crippen molar-refractivity contribution in [1.82, 2.24) is 0 Å². The standard InChI is InChI=1S/C16H17BrClN/c1-12-8-16(7-6-14(12)10-17)19(2)11-13-4-3-5-15(18)9-13/h3-9H,10-11H2,1-2H3. The highest BCUT2D eigenvalue weighted by molar-refractivity contribution is 9.08. The van der Waals surface area contributed by atoms with Crippen LogP contribution >= 0.6 is 27.5 Å². The fraction of sp³-hybridized carbons (Fsp3) is 0.250. The molecule has 0 aliphatic heterocycles. The first-order valence-corrected chi connectivity index (χ1v) is 7.71. The minimum atomic E-state index is 0.789. The van der Waals surface area contributed by atoms with Gasteiger partial charge in [0.15, 0.2) is 0 Å². The van der Waals surface area contributed by atoms with Crippen LogP contribution in [-0.4, -0.2) is 7.05 Å². The summed E-state index contributed by atoms with van der Waals surface area (Å²) in [5, 5.41) is 1.69. The van der Waals surface area contributed by atoms with Gasteiger partial charge in [0.25, 0.3) is 0 Å². The molecule has 0 unspecified atom stereocenters. The summed E-state index contributed by atoms with van der Waals surface area (Å²) in [7, 11) is 2.10. The number of anilines is 1. The van der Waals surface area contributed by atoms with Crippen molar-refractivity contribution in [2.45, 2.75) is 18.8 Å². The molecule has 0 aromatic heterocycles. The van der Waals surface area contributed by atoms with Crippen LogP contribution in [0, 0.1) is 6.92 Å². The molecule has 3 heteroatoms. The molecule has 0 aliphatic rings. The molecule has 0 aliphatic carbocycles. The van der Waals surface area contributed by atoms with Gasteiger partial charge >= 0.3 is 0 Å². The Labute approximate surface area is 128 Å². The van der Waals surface area contributed by atoms with Crippen LogP contribution in [0.2, 0.25) is 5.02 Å². The Hall–Kier alpha value is -0.990. The maximum absolute atomic E-state index is 6.02. The Morgan fingerprint density at radius 3 is 2.58 bits per heavy atom. The minimum absolute atomic E-state index is 0.789. The molecule has 0 fully saturated rings. The third-order valence-electron chi connectivity index (χ3n) is 3.22. The molecule has 19 heavy (non-hydrogen) atoms. The summed E-state index contributed by atoms with van der Waals surface area (Å²) in [6.45, 7) is 3.00. The van der Waals surface area contributed by atoms with Crippen molar-refractivity contribution in [3.8, 4) is 0 Å². The molecular weight excluding hydrogens is 322 g/mol. The number of benzene rings is 2. The van der Waals surface area contributed by atoms with Gasteiger partial charge in [-0.2, -0.15) is 0 Å². The lowest BCUT2D eigenvalue weighted by Gasteiger charge is -2.20. The number of rotatable bonds is 4. The maximum Gasteiger partial charge on any atom is 0.0426 e. The molecule has 0 saturated heterocycles. The number of aryl methyl sites for hydroxylation is 1. The summed E-state index contributed by atoms with van der Waals surface area (Å²) in [4.78, 5) is 2.23. The highest BCUT2D eigenvalue weighted by Gasteiger charge is 2.05. The summed E-state index contributed by atoms with van der Waals surface area (Å²) < 4.78 is 0. The van der Waals surface area contributed by atoms with E-state index in [2.05, 4.69) is 59.1 Å². The van der Waals surface area contributed by atoms with Crippen LogP contribution in [0.25, 0.3) is 0 Å². The second-order valence-corrected chi connectivity index (χ2v) is 5.73. The Morgan fingerprint density at radius 2 is 1.95 bits per heavy atom. The third-order valence-corrected chi connectivity index (χ3v) is 4.06. The molecule has 0 radical (unpaired) electrons. The first-order chi connectivity index (χ1) is 9.10. The highest BCUT2D eigenvalue weighted by Crippen LogP contribution is 2.22. The van der Waals surface area contributed by atoms with Crippen LogP contribution in [0.1, 0.15) is 16.7 Å². The Morgan fingerprint density at radius 1 is 1.16 bits per heavy atom. The van der Waals surface area contributed by atoms with Gasteiger partial charge in [0.05, 0.1) is 0 Å². The van der Waals surface area contributed by atoms with Gasteiger partial charge in [-0.3, -0.25) is 0 Å². The summed E-state index contributed by atoms with van der Waals surface area (Å²) in [5.74, 6) is 0. The number of alkyl halides is 1. The molecule has 100 valence electrons. The predicted molar refractivity (Wildman–Crippen MR) is 87.4 cm³/mol. The number of hydrogen-bond donors (Lipinski definition) is 0. The van der Waals surface area contributed by atoms with Crippen LogP contribution < -0.4 is 4.90 Å². The van der Waals surface area contributed by atoms with Crippen LogP contribution in [0.3, 0.4) is 0 Å². The predicted octanol–water partition coefficient (Wildman–Crippen LogP) is 5.18. The average molecular weight is 339 g/mol. The van der Waals surface area contributed by atoms with E-state index in [1.165, 1.54) is 22.4 Å². The molecule has 2 rings (SSSR count). The van der Waals surface area contributed by atoms with Gasteiger partial charge in [-0.15, -0.1) is 0 Å². The quantitative estimate of drug-likeness (QED) is 0.694. The van der Waals surface area contributed by atoms with Gasteiger partial charge in [-0.1, -0.05) is 45.7 Å². The van der Waals surface area contributed by atoms with Gasteiger partial charge < -0.3 is 4.90 Å². The van der Waals surface area contributed by atoms with Gasteiger partial charge in [-0.25, -0.2) is 0 Å². The monoisotopic (exact) mass is 337 g/mol. The summed E-state index contributed by atoms with van der Waals surface area (Å²) in [6, 6.07) is 14.6. The normalized spacial score (nSPS) is 10.5. The largest absolute Gasteiger partial charge is 0.370 e. The van der Waals surface area contributed by atoms with E-state index in [1.54, 1.807) is 0 Å². The summed E-state index contributed by atoms with van der Waals surface area (Å²) >= 11 is 9.52. The molecular formula is C16H17BrClN. The molecule has 0 N–H and O–H groups in total. The van der Waals surface area contributed by atoms with Crippen molar-refractivity contribution >= 4 is 33.2 Å². The molecule has 2 aromatic carbocycles. The topological polar surface area (TPSA) is 3.24 Å². The van der Waals surface area contributed by atoms with E-state index in [1.807, 2.05) is 18.2 Å². The zero-order valence-corrected chi connectivity index (χ0v) is 13.5. The zero-order valence-electron chi connectivity index (χ0n) is 11.2. The van der Waals surface area contributed by atoms with Crippen molar-refractivity contribution in [2.75, 3.05) is 11.9 Å². The number of halogens is 2. The molecule has 2 aromatic rings. The Kier molecular flexibility index (Phi) is 4.89. The smallest absolute Gasteiger partial charge is 0.0426 e. The third kappa shape index (κ3) is 3.74. The fourth-order valence-electron chi connectivity index (χ4n) is 2.07. The molecule has 0 spiro atoms. The molecule has 0 atom stereocenters. The van der Waals surface area contributed by atoms with Crippen molar-refractivity contribution in [2.24, 2.45) is 0 Å². The number of nitrogens with zero attached hydrogens (tertiary/aromatic N) is 1. The van der Waals surface area contributed by atoms with Crippen molar-refractivity contribution in [1.29, 1.82) is 0 Å². The molecule has 0 heterocycles. The molecule has 1 nitrogen and oxygen atoms in total. The fourth-order valence-corrected chi connectivity index (χ4v) is 2.91. The lowest BCUT2D eigenvalue weighted by molar-refractivity contribution is 0.921. The second kappa shape index (κ2) is 6.44. The van der Waals surface area contributed by atoms with Crippen LogP contribution in [0.4, 0.5) is 5.69 Å². The molecule has 0 amide bonds. The van der Waals surface area contributed by atoms with Crippen LogP contribution in [-0.2, 0) is 11.9 Å². The average Bonchev–Trinajstić information content (AvgIpc) is 2.38. The highest BCUT2D eigenvalue weighted by atomic mass is 79.9. The molecule has 0 saturated carbocycles. The van der Waals surface area contributed by atoms with E-state index in [4.69, 9.17) is 11.6 Å². The van der Waals surface area contributed by atoms with Crippen LogP contribution in [0.15, 0.2) is 42.5 Å². The van der Waals surface area contributed by atoms with E-state index in [0.717, 1.165) is 16.9 Å². The van der Waals surface area contributed by atoms with E-state index in [0.29, 0.717) is 0 Å². The lowest BCUT2D eigenvalue weighted by atomic mass is 10.1. The minimum Gasteiger partial charge on any atom is -0.370 e. The Balaban J connectivity index is 2.15. The lowest BCUT2D eigenvalue weighted by Crippen LogP contribution is -2.16. The second-order valence-electron chi connectivity index (χ2n) is 4.73. The Bertz CT molecular complexity index is 568. The van der Waals surface area contributed by atoms with Crippen molar-refractivity contribution in [3.63, 3.8) is 0 Å². The van der Waals surface area contributed by atoms with Gasteiger partial charge in [0.1, 0.15) is 0 Å². The van der Waals surface area contributed by atoms with E-state index in [9.17, 15) is 0 Å².